The Morgan fingerprint density at radius 1 is 1.05 bits per heavy atom. The van der Waals surface area contributed by atoms with Crippen LogP contribution in [0.2, 0.25) is 0 Å². The molecule has 0 saturated carbocycles. The summed E-state index contributed by atoms with van der Waals surface area (Å²) >= 11 is 0. The lowest BCUT2D eigenvalue weighted by atomic mass is 10.2. The molecule has 19 heavy (non-hydrogen) atoms. The summed E-state index contributed by atoms with van der Waals surface area (Å²) in [7, 11) is -1.29. The van der Waals surface area contributed by atoms with E-state index in [-0.39, 0.29) is 5.97 Å². The molecule has 0 unspecified atom stereocenters. The number of hydrogen-bond acceptors (Lipinski definition) is 5. The van der Waals surface area contributed by atoms with E-state index in [0.29, 0.717) is 25.6 Å². The Labute approximate surface area is 114 Å². The molecule has 6 heteroatoms. The maximum atomic E-state index is 10.8. The topological polar surface area (TPSA) is 54.0 Å². The zero-order valence-electron chi connectivity index (χ0n) is 11.4. The van der Waals surface area contributed by atoms with Gasteiger partial charge in [0.25, 0.3) is 0 Å². The van der Waals surface area contributed by atoms with Crippen LogP contribution >= 0.6 is 8.60 Å². The summed E-state index contributed by atoms with van der Waals surface area (Å²) < 4.78 is 21.2. The number of ether oxygens (including phenoxy) is 1. The van der Waals surface area contributed by atoms with Crippen molar-refractivity contribution in [2.45, 2.75) is 27.4 Å². The first-order chi connectivity index (χ1) is 9.15. The average Bonchev–Trinajstić information content (AvgIpc) is 2.37. The van der Waals surface area contributed by atoms with Gasteiger partial charge in [0.15, 0.2) is 0 Å². The van der Waals surface area contributed by atoms with Crippen molar-refractivity contribution in [1.29, 1.82) is 0 Å². The van der Waals surface area contributed by atoms with Crippen LogP contribution in [0.15, 0.2) is 24.3 Å². The fourth-order valence-corrected chi connectivity index (χ4v) is 2.17. The molecule has 0 bridgehead atoms. The highest BCUT2D eigenvalue weighted by Gasteiger charge is 2.10. The van der Waals surface area contributed by atoms with Crippen LogP contribution in [0, 0.1) is 0 Å². The highest BCUT2D eigenvalue weighted by molar-refractivity contribution is 7.41. The highest BCUT2D eigenvalue weighted by atomic mass is 31.2. The molecule has 0 atom stereocenters. The van der Waals surface area contributed by atoms with Crippen LogP contribution in [-0.2, 0) is 25.0 Å². The molecule has 0 amide bonds. The van der Waals surface area contributed by atoms with Crippen LogP contribution in [0.1, 0.15) is 26.3 Å². The summed E-state index contributed by atoms with van der Waals surface area (Å²) in [6, 6.07) is 7.13. The second-order valence-corrected chi connectivity index (χ2v) is 4.79. The third kappa shape index (κ3) is 6.64. The molecule has 0 spiro atoms. The fraction of sp³-hybridized carbons (Fsp3) is 0.462. The maximum absolute atomic E-state index is 10.8. The first kappa shape index (κ1) is 16.1. The molecule has 0 radical (unpaired) electrons. The first-order valence-electron chi connectivity index (χ1n) is 6.12. The Balaban J connectivity index is 2.45. The van der Waals surface area contributed by atoms with Crippen molar-refractivity contribution < 1.29 is 23.1 Å². The summed E-state index contributed by atoms with van der Waals surface area (Å²) in [5.41, 5.74) is 0.961. The average molecular weight is 286 g/mol. The van der Waals surface area contributed by atoms with Crippen molar-refractivity contribution in [3.63, 3.8) is 0 Å². The molecule has 0 fully saturated rings. The van der Waals surface area contributed by atoms with Gasteiger partial charge in [-0.1, -0.05) is 12.1 Å². The first-order valence-corrected chi connectivity index (χ1v) is 7.21. The minimum Gasteiger partial charge on any atom is -0.427 e. The van der Waals surface area contributed by atoms with E-state index in [9.17, 15) is 4.79 Å². The molecule has 0 aliphatic heterocycles. The molecule has 0 aromatic heterocycles. The molecular formula is C13H19O5P. The van der Waals surface area contributed by atoms with Gasteiger partial charge in [-0.3, -0.25) is 4.79 Å². The van der Waals surface area contributed by atoms with Crippen molar-refractivity contribution in [3.8, 4) is 5.75 Å². The van der Waals surface area contributed by atoms with Gasteiger partial charge in [-0.25, -0.2) is 0 Å². The summed E-state index contributed by atoms with van der Waals surface area (Å²) in [5, 5.41) is 0. The Bertz CT molecular complexity index is 373. The number of esters is 1. The quantitative estimate of drug-likeness (QED) is 0.416. The predicted molar refractivity (Wildman–Crippen MR) is 72.7 cm³/mol. The van der Waals surface area contributed by atoms with Crippen molar-refractivity contribution in [2.75, 3.05) is 13.2 Å². The molecule has 0 aliphatic rings. The second-order valence-electron chi connectivity index (χ2n) is 3.57. The molecule has 0 saturated heterocycles. The summed E-state index contributed by atoms with van der Waals surface area (Å²) in [5.74, 6) is 0.188. The van der Waals surface area contributed by atoms with Crippen molar-refractivity contribution in [2.24, 2.45) is 0 Å². The number of carbonyl (C=O) groups is 1. The monoisotopic (exact) mass is 286 g/mol. The van der Waals surface area contributed by atoms with Gasteiger partial charge < -0.3 is 18.3 Å². The highest BCUT2D eigenvalue weighted by Crippen LogP contribution is 2.40. The van der Waals surface area contributed by atoms with Crippen LogP contribution in [0.25, 0.3) is 0 Å². The van der Waals surface area contributed by atoms with Gasteiger partial charge in [0.2, 0.25) is 0 Å². The van der Waals surface area contributed by atoms with Gasteiger partial charge >= 0.3 is 14.6 Å². The molecule has 1 aromatic carbocycles. The summed E-state index contributed by atoms with van der Waals surface area (Å²) in [6.07, 6.45) is 0. The van der Waals surface area contributed by atoms with Crippen LogP contribution in [-0.4, -0.2) is 19.2 Å². The second kappa shape index (κ2) is 8.99. The zero-order chi connectivity index (χ0) is 14.1. The third-order valence-electron chi connectivity index (χ3n) is 1.99. The van der Waals surface area contributed by atoms with Crippen LogP contribution in [0.4, 0.5) is 0 Å². The minimum atomic E-state index is -1.29. The van der Waals surface area contributed by atoms with Crippen LogP contribution in [0.5, 0.6) is 5.75 Å². The van der Waals surface area contributed by atoms with Gasteiger partial charge in [0, 0.05) is 6.92 Å². The molecular weight excluding hydrogens is 267 g/mol. The van der Waals surface area contributed by atoms with Gasteiger partial charge in [-0.2, -0.15) is 0 Å². The number of rotatable bonds is 8. The Hall–Kier alpha value is -1.00. The standard InChI is InChI=1S/C13H19O5P/c1-4-15-19(16-5-2)17-10-12-6-8-13(9-7-12)18-11(3)14/h6-9H,4-5,10H2,1-3H3. The van der Waals surface area contributed by atoms with Crippen molar-refractivity contribution >= 4 is 14.6 Å². The van der Waals surface area contributed by atoms with E-state index in [4.69, 9.17) is 18.3 Å². The number of benzene rings is 1. The lowest BCUT2D eigenvalue weighted by Crippen LogP contribution is -2.01. The Kier molecular flexibility index (Phi) is 7.60. The normalized spacial score (nSPS) is 10.7. The maximum Gasteiger partial charge on any atom is 0.332 e. The van der Waals surface area contributed by atoms with Crippen LogP contribution < -0.4 is 4.74 Å². The molecule has 106 valence electrons. The van der Waals surface area contributed by atoms with E-state index >= 15 is 0 Å². The van der Waals surface area contributed by atoms with Crippen LogP contribution in [0.3, 0.4) is 0 Å². The molecule has 0 heterocycles. The lowest BCUT2D eigenvalue weighted by molar-refractivity contribution is -0.131. The van der Waals surface area contributed by atoms with E-state index in [2.05, 4.69) is 0 Å². The SMILES string of the molecule is CCOP(OCC)OCc1ccc(OC(C)=O)cc1. The molecule has 0 aliphatic carbocycles. The van der Waals surface area contributed by atoms with E-state index in [1.807, 2.05) is 26.0 Å². The summed E-state index contributed by atoms with van der Waals surface area (Å²) in [4.78, 5) is 10.8. The van der Waals surface area contributed by atoms with Gasteiger partial charge in [0.05, 0.1) is 19.8 Å². The molecule has 0 N–H and O–H groups in total. The number of hydrogen-bond donors (Lipinski definition) is 0. The van der Waals surface area contributed by atoms with Gasteiger partial charge in [-0.05, 0) is 31.5 Å². The predicted octanol–water partition coefficient (Wildman–Crippen LogP) is 3.43. The largest absolute Gasteiger partial charge is 0.427 e. The summed E-state index contributed by atoms with van der Waals surface area (Å²) in [6.45, 7) is 6.66. The van der Waals surface area contributed by atoms with Crippen molar-refractivity contribution in [1.82, 2.24) is 0 Å². The van der Waals surface area contributed by atoms with E-state index in [1.165, 1.54) is 6.92 Å². The lowest BCUT2D eigenvalue weighted by Gasteiger charge is -2.14. The van der Waals surface area contributed by atoms with E-state index in [1.54, 1.807) is 12.1 Å². The molecule has 5 nitrogen and oxygen atoms in total. The Morgan fingerprint density at radius 2 is 1.63 bits per heavy atom. The van der Waals surface area contributed by atoms with E-state index < -0.39 is 8.60 Å². The fourth-order valence-electron chi connectivity index (χ4n) is 1.27. The Morgan fingerprint density at radius 3 is 2.11 bits per heavy atom. The minimum absolute atomic E-state index is 0.333. The van der Waals surface area contributed by atoms with Gasteiger partial charge in [-0.15, -0.1) is 0 Å². The molecule has 1 aromatic rings. The van der Waals surface area contributed by atoms with Gasteiger partial charge in [0.1, 0.15) is 5.75 Å². The third-order valence-corrected chi connectivity index (χ3v) is 3.27. The smallest absolute Gasteiger partial charge is 0.332 e. The number of carbonyl (C=O) groups excluding carboxylic acids is 1. The molecule has 1 rings (SSSR count). The van der Waals surface area contributed by atoms with Crippen molar-refractivity contribution in [3.05, 3.63) is 29.8 Å². The van der Waals surface area contributed by atoms with E-state index in [0.717, 1.165) is 5.56 Å². The zero-order valence-corrected chi connectivity index (χ0v) is 12.3.